The van der Waals surface area contributed by atoms with E-state index < -0.39 is 20.1 Å². The van der Waals surface area contributed by atoms with E-state index in [4.69, 9.17) is 14.2 Å². The van der Waals surface area contributed by atoms with E-state index in [2.05, 4.69) is 25.0 Å². The Kier molecular flexibility index (Phi) is 7.63. The molecule has 2 rings (SSSR count). The van der Waals surface area contributed by atoms with Crippen molar-refractivity contribution in [1.82, 2.24) is 0 Å². The van der Waals surface area contributed by atoms with Gasteiger partial charge in [0.05, 0.1) is 19.3 Å². The van der Waals surface area contributed by atoms with Crippen molar-refractivity contribution in [3.8, 4) is 5.75 Å². The highest BCUT2D eigenvalue weighted by atomic mass is 28.3. The summed E-state index contributed by atoms with van der Waals surface area (Å²) in [5.74, 6) is -0.0653. The normalized spacial score (nSPS) is 10.9. The minimum Gasteiger partial charge on any atom is -0.489 e. The van der Waals surface area contributed by atoms with Gasteiger partial charge in [-0.05, 0) is 23.7 Å². The average Bonchev–Trinajstić information content (AvgIpc) is 2.65. The predicted molar refractivity (Wildman–Crippen MR) is 112 cm³/mol. The first-order valence-corrected chi connectivity index (χ1v) is 12.8. The van der Waals surface area contributed by atoms with E-state index in [-0.39, 0.29) is 5.56 Å². The molecular weight excluding hydrogens is 374 g/mol. The van der Waals surface area contributed by atoms with Gasteiger partial charge >= 0.3 is 12.1 Å². The molecular formula is C21H27NO5Si. The summed E-state index contributed by atoms with van der Waals surface area (Å²) in [5, 5.41) is 2.65. The summed E-state index contributed by atoms with van der Waals surface area (Å²) in [6, 6.07) is 15.3. The lowest BCUT2D eigenvalue weighted by Gasteiger charge is -2.16. The van der Waals surface area contributed by atoms with Crippen LogP contribution in [0.4, 0.5) is 10.5 Å². The number of nitrogens with one attached hydrogen (secondary N) is 1. The van der Waals surface area contributed by atoms with Gasteiger partial charge < -0.3 is 14.2 Å². The van der Waals surface area contributed by atoms with E-state index in [0.717, 1.165) is 11.6 Å². The molecule has 0 saturated carbocycles. The molecule has 2 aromatic carbocycles. The van der Waals surface area contributed by atoms with Crippen molar-refractivity contribution in [2.75, 3.05) is 19.0 Å². The Bertz CT molecular complexity index is 802. The van der Waals surface area contributed by atoms with Crippen molar-refractivity contribution in [2.45, 2.75) is 32.3 Å². The maximum atomic E-state index is 12.1. The number of ether oxygens (including phenoxy) is 3. The molecule has 0 heterocycles. The Balaban J connectivity index is 2.07. The van der Waals surface area contributed by atoms with Crippen LogP contribution in [0.15, 0.2) is 48.5 Å². The van der Waals surface area contributed by atoms with Crippen molar-refractivity contribution in [3.05, 3.63) is 59.7 Å². The summed E-state index contributed by atoms with van der Waals surface area (Å²) in [6.07, 6.45) is -0.561. The zero-order valence-electron chi connectivity index (χ0n) is 16.8. The van der Waals surface area contributed by atoms with Crippen LogP contribution in [-0.4, -0.2) is 33.9 Å². The van der Waals surface area contributed by atoms with E-state index in [1.54, 1.807) is 12.1 Å². The Morgan fingerprint density at radius 3 is 2.39 bits per heavy atom. The number of anilines is 1. The lowest BCUT2D eigenvalue weighted by molar-refractivity contribution is 0.0600. The maximum Gasteiger partial charge on any atom is 0.411 e. The van der Waals surface area contributed by atoms with Crippen LogP contribution < -0.4 is 10.1 Å². The number of methoxy groups -OCH3 is 1. The molecule has 6 nitrogen and oxygen atoms in total. The number of esters is 1. The number of hydrogen-bond acceptors (Lipinski definition) is 5. The molecule has 1 amide bonds. The van der Waals surface area contributed by atoms with Crippen molar-refractivity contribution in [2.24, 2.45) is 0 Å². The van der Waals surface area contributed by atoms with Gasteiger partial charge in [0, 0.05) is 19.8 Å². The summed E-state index contributed by atoms with van der Waals surface area (Å²) >= 11 is 0. The Hall–Kier alpha value is -2.80. The molecule has 0 aliphatic heterocycles. The number of rotatable bonds is 8. The lowest BCUT2D eigenvalue weighted by atomic mass is 10.2. The van der Waals surface area contributed by atoms with Gasteiger partial charge in [-0.25, -0.2) is 9.59 Å². The van der Waals surface area contributed by atoms with Gasteiger partial charge in [0.15, 0.2) is 0 Å². The highest BCUT2D eigenvalue weighted by Crippen LogP contribution is 2.23. The molecule has 7 heteroatoms. The molecule has 1 N–H and O–H groups in total. The van der Waals surface area contributed by atoms with Crippen molar-refractivity contribution in [3.63, 3.8) is 0 Å². The Morgan fingerprint density at radius 2 is 1.75 bits per heavy atom. The minimum absolute atomic E-state index is 0.283. The third-order valence-electron chi connectivity index (χ3n) is 3.91. The second-order valence-corrected chi connectivity index (χ2v) is 13.2. The van der Waals surface area contributed by atoms with Gasteiger partial charge in [0.2, 0.25) is 0 Å². The van der Waals surface area contributed by atoms with Gasteiger partial charge in [-0.2, -0.15) is 0 Å². The molecule has 0 aliphatic rings. The number of amides is 1. The number of carbonyl (C=O) groups excluding carboxylic acids is 2. The van der Waals surface area contributed by atoms with Crippen molar-refractivity contribution >= 4 is 25.8 Å². The first kappa shape index (κ1) is 21.5. The highest BCUT2D eigenvalue weighted by Gasteiger charge is 2.15. The van der Waals surface area contributed by atoms with Crippen LogP contribution in [0.3, 0.4) is 0 Å². The van der Waals surface area contributed by atoms with Crippen LogP contribution in [0.25, 0.3) is 0 Å². The first-order chi connectivity index (χ1) is 13.3. The second kappa shape index (κ2) is 9.94. The average molecular weight is 402 g/mol. The van der Waals surface area contributed by atoms with Crippen LogP contribution in [0.1, 0.15) is 15.9 Å². The number of carbonyl (C=O) groups is 2. The maximum absolute atomic E-state index is 12.1. The monoisotopic (exact) mass is 401 g/mol. The van der Waals surface area contributed by atoms with Crippen molar-refractivity contribution < 1.29 is 23.8 Å². The number of hydrogen-bond donors (Lipinski definition) is 1. The Labute approximate surface area is 166 Å². The fourth-order valence-electron chi connectivity index (χ4n) is 2.34. The van der Waals surface area contributed by atoms with Crippen LogP contribution in [0, 0.1) is 0 Å². The van der Waals surface area contributed by atoms with E-state index in [0.29, 0.717) is 24.7 Å². The summed E-state index contributed by atoms with van der Waals surface area (Å²) in [7, 11) is 0.0202. The molecule has 0 fully saturated rings. The van der Waals surface area contributed by atoms with Crippen LogP contribution in [0.2, 0.25) is 25.7 Å². The van der Waals surface area contributed by atoms with Crippen LogP contribution in [-0.2, 0) is 16.1 Å². The minimum atomic E-state index is -1.28. The van der Waals surface area contributed by atoms with E-state index in [1.807, 2.05) is 30.3 Å². The molecule has 0 aromatic heterocycles. The molecule has 0 unspecified atom stereocenters. The SMILES string of the molecule is COC(=O)c1cc(NC(=O)OCC[Si](C)(C)C)cc(OCc2ccccc2)c1. The molecule has 0 aliphatic carbocycles. The molecule has 28 heavy (non-hydrogen) atoms. The zero-order valence-corrected chi connectivity index (χ0v) is 17.8. The largest absolute Gasteiger partial charge is 0.489 e. The summed E-state index contributed by atoms with van der Waals surface area (Å²) in [6.45, 7) is 7.35. The molecule has 0 radical (unpaired) electrons. The predicted octanol–water partition coefficient (Wildman–Crippen LogP) is 4.94. The smallest absolute Gasteiger partial charge is 0.411 e. The first-order valence-electron chi connectivity index (χ1n) is 9.11. The standard InChI is InChI=1S/C21H27NO5Si/c1-25-20(23)17-12-18(22-21(24)26-10-11-28(2,3)4)14-19(13-17)27-15-16-8-6-5-7-9-16/h5-9,12-14H,10-11,15H2,1-4H3,(H,22,24). The van der Waals surface area contributed by atoms with E-state index >= 15 is 0 Å². The zero-order chi connectivity index (χ0) is 20.6. The van der Waals surface area contributed by atoms with Gasteiger partial charge in [-0.15, -0.1) is 0 Å². The highest BCUT2D eigenvalue weighted by molar-refractivity contribution is 6.76. The fourth-order valence-corrected chi connectivity index (χ4v) is 3.05. The topological polar surface area (TPSA) is 73.9 Å². The van der Waals surface area contributed by atoms with Crippen LogP contribution >= 0.6 is 0 Å². The molecule has 0 saturated heterocycles. The molecule has 0 bridgehead atoms. The van der Waals surface area contributed by atoms with Gasteiger partial charge in [0.1, 0.15) is 12.4 Å². The summed E-state index contributed by atoms with van der Waals surface area (Å²) < 4.78 is 15.8. The van der Waals surface area contributed by atoms with E-state index in [1.165, 1.54) is 13.2 Å². The summed E-state index contributed by atoms with van der Waals surface area (Å²) in [5.41, 5.74) is 1.68. The lowest BCUT2D eigenvalue weighted by Crippen LogP contribution is -2.24. The quantitative estimate of drug-likeness (QED) is 0.501. The summed E-state index contributed by atoms with van der Waals surface area (Å²) in [4.78, 5) is 24.0. The fraction of sp³-hybridized carbons (Fsp3) is 0.333. The molecule has 0 spiro atoms. The van der Waals surface area contributed by atoms with Gasteiger partial charge in [-0.1, -0.05) is 50.0 Å². The Morgan fingerprint density at radius 1 is 1.04 bits per heavy atom. The molecule has 150 valence electrons. The molecule has 2 aromatic rings. The third kappa shape index (κ3) is 7.44. The third-order valence-corrected chi connectivity index (χ3v) is 5.61. The molecule has 0 atom stereocenters. The van der Waals surface area contributed by atoms with Gasteiger partial charge in [-0.3, -0.25) is 5.32 Å². The number of benzene rings is 2. The van der Waals surface area contributed by atoms with Crippen LogP contribution in [0.5, 0.6) is 5.75 Å². The van der Waals surface area contributed by atoms with Gasteiger partial charge in [0.25, 0.3) is 0 Å². The van der Waals surface area contributed by atoms with E-state index in [9.17, 15) is 9.59 Å². The van der Waals surface area contributed by atoms with Crippen molar-refractivity contribution in [1.29, 1.82) is 0 Å². The second-order valence-electron chi connectivity index (χ2n) is 7.58.